The Hall–Kier alpha value is -6.12. The number of aromatic amines is 2. The van der Waals surface area contributed by atoms with Crippen LogP contribution in [0.2, 0.25) is 0 Å². The lowest BCUT2D eigenvalue weighted by Crippen LogP contribution is -2.51. The van der Waals surface area contributed by atoms with Crippen LogP contribution in [-0.4, -0.2) is 93.3 Å². The summed E-state index contributed by atoms with van der Waals surface area (Å²) >= 11 is 0. The van der Waals surface area contributed by atoms with Crippen molar-refractivity contribution >= 4 is 51.8 Å². The number of fused-ring (bicyclic) bond motifs is 2. The molecule has 8 rings (SSSR count). The highest BCUT2D eigenvalue weighted by Gasteiger charge is 2.42. The van der Waals surface area contributed by atoms with Crippen LogP contribution >= 0.6 is 0 Å². The number of alkyl carbamates (subject to hydrolysis) is 1. The van der Waals surface area contributed by atoms with Gasteiger partial charge in [-0.05, 0) is 122 Å². The maximum Gasteiger partial charge on any atom is 0.508 e. The van der Waals surface area contributed by atoms with Crippen molar-refractivity contribution in [1.29, 1.82) is 0 Å². The van der Waals surface area contributed by atoms with Crippen LogP contribution < -0.4 is 10.2 Å². The number of rotatable bonds is 11. The second-order valence-electron chi connectivity index (χ2n) is 20.4. The van der Waals surface area contributed by atoms with Crippen LogP contribution in [0.1, 0.15) is 151 Å². The number of anilines is 1. The number of likely N-dealkylation sites (tertiary alicyclic amines) is 2. The van der Waals surface area contributed by atoms with E-state index in [-0.39, 0.29) is 53.2 Å². The van der Waals surface area contributed by atoms with Crippen LogP contribution in [0.15, 0.2) is 48.5 Å². The first-order valence-electron chi connectivity index (χ1n) is 24.0. The number of hydrogen-bond donors (Lipinski definition) is 3. The summed E-state index contributed by atoms with van der Waals surface area (Å²) in [5.41, 5.74) is 10.6. The van der Waals surface area contributed by atoms with Crippen molar-refractivity contribution in [3.63, 3.8) is 0 Å². The zero-order valence-electron chi connectivity index (χ0n) is 41.0. The predicted octanol–water partition coefficient (Wildman–Crippen LogP) is 9.95. The van der Waals surface area contributed by atoms with Crippen molar-refractivity contribution in [2.45, 2.75) is 143 Å². The molecule has 3 amide bonds. The smallest absolute Gasteiger partial charge is 0.453 e. The quantitative estimate of drug-likeness (QED) is 0.108. The molecule has 3 saturated heterocycles. The molecule has 0 unspecified atom stereocenters. The summed E-state index contributed by atoms with van der Waals surface area (Å²) in [6, 6.07) is 16.6. The number of nitrogens with one attached hydrogen (secondary N) is 3. The van der Waals surface area contributed by atoms with Crippen LogP contribution in [0.5, 0.6) is 0 Å². The van der Waals surface area contributed by atoms with Gasteiger partial charge in [-0.25, -0.2) is 19.6 Å². The van der Waals surface area contributed by atoms with E-state index in [0.717, 1.165) is 89.1 Å². The van der Waals surface area contributed by atoms with E-state index in [2.05, 4.69) is 103 Å². The van der Waals surface area contributed by atoms with Gasteiger partial charge in [0.05, 0.1) is 60.5 Å². The Bertz CT molecular complexity index is 2490. The van der Waals surface area contributed by atoms with Crippen molar-refractivity contribution in [2.24, 2.45) is 11.8 Å². The van der Waals surface area contributed by atoms with Gasteiger partial charge in [0.25, 0.3) is 5.91 Å². The molecule has 0 radical (unpaired) electrons. The zero-order valence-corrected chi connectivity index (χ0v) is 41.0. The molecule has 0 bridgehead atoms. The summed E-state index contributed by atoms with van der Waals surface area (Å²) in [6.45, 7) is 19.7. The Balaban J connectivity index is 1.12. The van der Waals surface area contributed by atoms with Gasteiger partial charge in [-0.15, -0.1) is 0 Å². The third-order valence-electron chi connectivity index (χ3n) is 14.4. The van der Waals surface area contributed by atoms with E-state index < -0.39 is 24.4 Å². The summed E-state index contributed by atoms with van der Waals surface area (Å²) in [5, 5.41) is 2.75. The second-order valence-corrected chi connectivity index (χ2v) is 20.4. The molecule has 2 aromatic heterocycles. The molecule has 15 nitrogen and oxygen atoms in total. The van der Waals surface area contributed by atoms with Crippen molar-refractivity contribution in [1.82, 2.24) is 35.1 Å². The van der Waals surface area contributed by atoms with Crippen molar-refractivity contribution in [2.75, 3.05) is 32.2 Å². The Labute approximate surface area is 393 Å². The van der Waals surface area contributed by atoms with Crippen LogP contribution in [0.4, 0.5) is 15.3 Å². The Morgan fingerprint density at radius 1 is 0.672 bits per heavy atom. The van der Waals surface area contributed by atoms with E-state index >= 15 is 0 Å². The van der Waals surface area contributed by atoms with Gasteiger partial charge < -0.3 is 44.2 Å². The summed E-state index contributed by atoms with van der Waals surface area (Å²) in [5.74, 6) is 0.737. The molecule has 0 aliphatic carbocycles. The van der Waals surface area contributed by atoms with Gasteiger partial charge in [-0.1, -0.05) is 72.7 Å². The molecule has 3 fully saturated rings. The number of hydrogen-bond acceptors (Lipinski definition) is 10. The van der Waals surface area contributed by atoms with Crippen molar-refractivity contribution in [3.05, 3.63) is 88.0 Å². The van der Waals surface area contributed by atoms with Gasteiger partial charge in [0.1, 0.15) is 17.7 Å². The fraction of sp³-hybridized carbons (Fsp3) is 0.538. The second kappa shape index (κ2) is 18.9. The first-order chi connectivity index (χ1) is 31.9. The number of aryl methyl sites for hydroxylation is 2. The standard InChI is InChI=1S/C52H68N8O7/c1-28(2)42(57-50(63)65-10)48(61)58-26-12-14-40(58)46-53-36-22-20-34(30(5)43(36)55-46)38-24-25-39(60(38)33-18-16-32(17-19-33)52(7,8)9)35-21-23-37-44(31(35)6)56-47(54-37)41-15-13-27-59(41)49(62)45(29(3)4)67-51(64)66-11/h16-23,28-29,38-42,45H,12-15,24-27H2,1-11H3,(H,53,55)(H,54,56)(H,57,63)/t38-,39-,40+,41+,42+,45+/m1/s1. The minimum absolute atomic E-state index is 0.00242. The van der Waals surface area contributed by atoms with E-state index in [1.54, 1.807) is 4.90 Å². The topological polar surface area (TPSA) is 175 Å². The molecular formula is C52H68N8O7. The van der Waals surface area contributed by atoms with Gasteiger partial charge in [0.15, 0.2) is 6.10 Å². The molecule has 67 heavy (non-hydrogen) atoms. The highest BCUT2D eigenvalue weighted by Crippen LogP contribution is 2.50. The lowest BCUT2D eigenvalue weighted by Gasteiger charge is -2.35. The average molecular weight is 917 g/mol. The zero-order chi connectivity index (χ0) is 48.1. The van der Waals surface area contributed by atoms with E-state index in [1.165, 1.54) is 30.9 Å². The maximum absolute atomic E-state index is 14.0. The molecule has 5 aromatic rings. The average Bonchev–Trinajstić information content (AvgIpc) is 4.15. The van der Waals surface area contributed by atoms with Crippen molar-refractivity contribution < 1.29 is 33.4 Å². The number of H-pyrrole nitrogens is 2. The largest absolute Gasteiger partial charge is 0.508 e. The third kappa shape index (κ3) is 9.05. The number of carbonyl (C=O) groups is 4. The monoisotopic (exact) mass is 917 g/mol. The summed E-state index contributed by atoms with van der Waals surface area (Å²) in [7, 11) is 2.55. The predicted molar refractivity (Wildman–Crippen MR) is 258 cm³/mol. The fourth-order valence-electron chi connectivity index (χ4n) is 10.7. The lowest BCUT2D eigenvalue weighted by atomic mass is 9.87. The fourth-order valence-corrected chi connectivity index (χ4v) is 10.7. The van der Waals surface area contributed by atoms with Crippen LogP contribution in [0.25, 0.3) is 22.1 Å². The minimum Gasteiger partial charge on any atom is -0.453 e. The molecule has 358 valence electrons. The molecule has 0 spiro atoms. The van der Waals surface area contributed by atoms with Gasteiger partial charge in [-0.2, -0.15) is 0 Å². The minimum atomic E-state index is -0.960. The van der Waals surface area contributed by atoms with E-state index in [0.29, 0.717) is 13.1 Å². The number of aromatic nitrogens is 4. The highest BCUT2D eigenvalue weighted by atomic mass is 16.7. The van der Waals surface area contributed by atoms with E-state index in [9.17, 15) is 19.2 Å². The van der Waals surface area contributed by atoms with Gasteiger partial charge >= 0.3 is 12.2 Å². The first-order valence-corrected chi connectivity index (χ1v) is 24.0. The molecule has 3 aliphatic rings. The third-order valence-corrected chi connectivity index (χ3v) is 14.4. The number of ether oxygens (including phenoxy) is 3. The lowest BCUT2D eigenvalue weighted by molar-refractivity contribution is -0.145. The molecule has 0 saturated carbocycles. The number of carbonyl (C=O) groups excluding carboxylic acids is 4. The molecule has 3 aliphatic heterocycles. The Morgan fingerprint density at radius 2 is 1.18 bits per heavy atom. The molecule has 3 N–H and O–H groups in total. The molecule has 6 atom stereocenters. The van der Waals surface area contributed by atoms with E-state index in [1.807, 2.05) is 32.6 Å². The van der Waals surface area contributed by atoms with Crippen LogP contribution in [0.3, 0.4) is 0 Å². The van der Waals surface area contributed by atoms with E-state index in [4.69, 9.17) is 24.2 Å². The highest BCUT2D eigenvalue weighted by molar-refractivity contribution is 5.87. The number of methoxy groups -OCH3 is 2. The van der Waals surface area contributed by atoms with Crippen LogP contribution in [-0.2, 0) is 29.2 Å². The normalized spacial score (nSPS) is 20.9. The number of imidazole rings is 2. The summed E-state index contributed by atoms with van der Waals surface area (Å²) < 4.78 is 15.0. The summed E-state index contributed by atoms with van der Waals surface area (Å²) in [6.07, 6.45) is 2.53. The van der Waals surface area contributed by atoms with Gasteiger partial charge in [-0.3, -0.25) is 9.59 Å². The first kappa shape index (κ1) is 47.4. The van der Waals surface area contributed by atoms with Gasteiger partial charge in [0.2, 0.25) is 5.91 Å². The number of amides is 3. The summed E-state index contributed by atoms with van der Waals surface area (Å²) in [4.78, 5) is 76.1. The molecule has 15 heteroatoms. The van der Waals surface area contributed by atoms with Crippen LogP contribution in [0, 0.1) is 25.7 Å². The number of benzene rings is 3. The molecule has 5 heterocycles. The van der Waals surface area contributed by atoms with Crippen molar-refractivity contribution in [3.8, 4) is 0 Å². The molecular weight excluding hydrogens is 849 g/mol. The SMILES string of the molecule is COC(=O)N[C@H](C(=O)N1CCC[C@H]1c1nc2c(C)c([C@H]3CC[C@H](c4ccc5[nH]c([C@@H]6CCCN6C(=O)[C@@H](OC(=O)OC)C(C)C)nc5c4C)N3c3ccc(C(C)(C)C)cc3)ccc2[nH]1)C(C)C. The van der Waals surface area contributed by atoms with Gasteiger partial charge in [0, 0.05) is 18.8 Å². The Kier molecular flexibility index (Phi) is 13.3. The molecule has 3 aromatic carbocycles. The Morgan fingerprint density at radius 3 is 1.63 bits per heavy atom. The maximum atomic E-state index is 14.0. The number of nitrogens with zero attached hydrogens (tertiary/aromatic N) is 5.